The molecule has 0 atom stereocenters. The normalized spacial score (nSPS) is 10.3. The summed E-state index contributed by atoms with van der Waals surface area (Å²) in [6.45, 7) is 5.49. The van der Waals surface area contributed by atoms with Gasteiger partial charge in [-0.05, 0) is 43.2 Å². The minimum Gasteiger partial charge on any atom is -0.494 e. The molecule has 3 heteroatoms. The van der Waals surface area contributed by atoms with Gasteiger partial charge in [-0.1, -0.05) is 49.6 Å². The van der Waals surface area contributed by atoms with Gasteiger partial charge in [-0.2, -0.15) is 0 Å². The van der Waals surface area contributed by atoms with Crippen molar-refractivity contribution >= 4 is 5.91 Å². The van der Waals surface area contributed by atoms with Gasteiger partial charge >= 0.3 is 0 Å². The molecule has 3 nitrogen and oxygen atoms in total. The molecule has 0 aliphatic carbocycles. The maximum absolute atomic E-state index is 12.1. The molecule has 0 saturated heterocycles. The Bertz CT molecular complexity index is 603. The number of amides is 1. The van der Waals surface area contributed by atoms with Crippen molar-refractivity contribution in [1.82, 2.24) is 5.32 Å². The van der Waals surface area contributed by atoms with E-state index in [2.05, 4.69) is 12.2 Å². The lowest BCUT2D eigenvalue weighted by molar-refractivity contribution is 0.0951. The molecule has 0 saturated carbocycles. The molecule has 2 aromatic carbocycles. The molecule has 1 amide bonds. The molecule has 0 bridgehead atoms. The van der Waals surface area contributed by atoms with Gasteiger partial charge in [0.25, 0.3) is 5.91 Å². The van der Waals surface area contributed by atoms with E-state index in [4.69, 9.17) is 4.74 Å². The number of ether oxygens (including phenoxy) is 1. The summed E-state index contributed by atoms with van der Waals surface area (Å²) in [6, 6.07) is 15.5. The van der Waals surface area contributed by atoms with Crippen LogP contribution < -0.4 is 10.1 Å². The number of carbonyl (C=O) groups is 1. The highest BCUT2D eigenvalue weighted by Crippen LogP contribution is 2.13. The fourth-order valence-electron chi connectivity index (χ4n) is 2.23. The van der Waals surface area contributed by atoms with Crippen molar-refractivity contribution < 1.29 is 9.53 Å². The summed E-state index contributed by atoms with van der Waals surface area (Å²) in [5, 5.41) is 2.93. The summed E-state index contributed by atoms with van der Waals surface area (Å²) in [6.07, 6.45) is 3.43. The van der Waals surface area contributed by atoms with Gasteiger partial charge in [-0.15, -0.1) is 0 Å². The summed E-state index contributed by atoms with van der Waals surface area (Å²) < 4.78 is 5.65. The number of nitrogens with one attached hydrogen (secondary N) is 1. The second-order valence-electron chi connectivity index (χ2n) is 5.75. The lowest BCUT2D eigenvalue weighted by Crippen LogP contribution is -2.22. The second-order valence-corrected chi connectivity index (χ2v) is 5.75. The van der Waals surface area contributed by atoms with Crippen LogP contribution >= 0.6 is 0 Å². The van der Waals surface area contributed by atoms with E-state index < -0.39 is 0 Å². The van der Waals surface area contributed by atoms with Crippen LogP contribution in [0.5, 0.6) is 5.75 Å². The van der Waals surface area contributed by atoms with E-state index in [1.807, 2.05) is 43.3 Å². The highest BCUT2D eigenvalue weighted by atomic mass is 16.5. The van der Waals surface area contributed by atoms with Crippen molar-refractivity contribution in [3.8, 4) is 5.75 Å². The third-order valence-electron chi connectivity index (χ3n) is 3.71. The van der Waals surface area contributed by atoms with Gasteiger partial charge in [-0.25, -0.2) is 0 Å². The zero-order valence-electron chi connectivity index (χ0n) is 14.0. The Hall–Kier alpha value is -2.29. The number of hydrogen-bond acceptors (Lipinski definition) is 2. The maximum Gasteiger partial charge on any atom is 0.251 e. The first-order chi connectivity index (χ1) is 11.2. The Morgan fingerprint density at radius 1 is 1.00 bits per heavy atom. The van der Waals surface area contributed by atoms with Crippen LogP contribution in [0.15, 0.2) is 48.5 Å². The minimum absolute atomic E-state index is 0.0666. The van der Waals surface area contributed by atoms with Crippen molar-refractivity contribution in [2.75, 3.05) is 6.61 Å². The summed E-state index contributed by atoms with van der Waals surface area (Å²) >= 11 is 0. The van der Waals surface area contributed by atoms with E-state index in [0.29, 0.717) is 12.1 Å². The topological polar surface area (TPSA) is 38.3 Å². The molecule has 0 radical (unpaired) electrons. The van der Waals surface area contributed by atoms with Crippen LogP contribution in [0.1, 0.15) is 47.7 Å². The molecule has 0 unspecified atom stereocenters. The predicted molar refractivity (Wildman–Crippen MR) is 93.8 cm³/mol. The number of unbranched alkanes of at least 4 members (excludes halogenated alkanes) is 2. The molecular formula is C20H25NO2. The van der Waals surface area contributed by atoms with E-state index in [1.54, 1.807) is 12.1 Å². The van der Waals surface area contributed by atoms with E-state index in [1.165, 1.54) is 18.4 Å². The molecule has 0 aromatic heterocycles. The molecular weight excluding hydrogens is 286 g/mol. The van der Waals surface area contributed by atoms with Crippen molar-refractivity contribution in [1.29, 1.82) is 0 Å². The van der Waals surface area contributed by atoms with Crippen molar-refractivity contribution in [3.05, 3.63) is 65.2 Å². The van der Waals surface area contributed by atoms with Crippen molar-refractivity contribution in [3.63, 3.8) is 0 Å². The first kappa shape index (κ1) is 17.1. The average molecular weight is 311 g/mol. The quantitative estimate of drug-likeness (QED) is 0.729. The van der Waals surface area contributed by atoms with Gasteiger partial charge in [-0.3, -0.25) is 4.79 Å². The smallest absolute Gasteiger partial charge is 0.251 e. The lowest BCUT2D eigenvalue weighted by Gasteiger charge is -2.08. The highest BCUT2D eigenvalue weighted by molar-refractivity contribution is 5.94. The lowest BCUT2D eigenvalue weighted by atomic mass is 10.1. The standard InChI is InChI=1S/C20H25NO2/c1-3-4-5-14-23-19-12-10-18(11-13-19)20(22)21-15-17-8-6-16(2)7-9-17/h6-13H,3-5,14-15H2,1-2H3,(H,21,22). The van der Waals surface area contributed by atoms with Gasteiger partial charge in [0.05, 0.1) is 6.61 Å². The van der Waals surface area contributed by atoms with Gasteiger partial charge in [0.1, 0.15) is 5.75 Å². The van der Waals surface area contributed by atoms with Gasteiger partial charge in [0.2, 0.25) is 0 Å². The van der Waals surface area contributed by atoms with Crippen molar-refractivity contribution in [2.45, 2.75) is 39.7 Å². The Morgan fingerprint density at radius 3 is 2.35 bits per heavy atom. The molecule has 2 aromatic rings. The minimum atomic E-state index is -0.0666. The molecule has 122 valence electrons. The van der Waals surface area contributed by atoms with Gasteiger partial charge < -0.3 is 10.1 Å². The Balaban J connectivity index is 1.81. The van der Waals surface area contributed by atoms with E-state index in [-0.39, 0.29) is 5.91 Å². The Labute approximate surface area is 138 Å². The zero-order valence-corrected chi connectivity index (χ0v) is 14.0. The first-order valence-electron chi connectivity index (χ1n) is 8.25. The zero-order chi connectivity index (χ0) is 16.5. The third-order valence-corrected chi connectivity index (χ3v) is 3.71. The fraction of sp³-hybridized carbons (Fsp3) is 0.350. The molecule has 23 heavy (non-hydrogen) atoms. The molecule has 2 rings (SSSR count). The maximum atomic E-state index is 12.1. The Morgan fingerprint density at radius 2 is 1.70 bits per heavy atom. The monoisotopic (exact) mass is 311 g/mol. The van der Waals surface area contributed by atoms with Crippen LogP contribution in [0.3, 0.4) is 0 Å². The number of hydrogen-bond donors (Lipinski definition) is 1. The Kier molecular flexibility index (Phi) is 6.67. The highest BCUT2D eigenvalue weighted by Gasteiger charge is 2.05. The average Bonchev–Trinajstić information content (AvgIpc) is 2.58. The van der Waals surface area contributed by atoms with E-state index in [9.17, 15) is 4.79 Å². The molecule has 0 spiro atoms. The van der Waals surface area contributed by atoms with Gasteiger partial charge in [0, 0.05) is 12.1 Å². The summed E-state index contributed by atoms with van der Waals surface area (Å²) in [5.41, 5.74) is 2.97. The van der Waals surface area contributed by atoms with Crippen molar-refractivity contribution in [2.24, 2.45) is 0 Å². The second kappa shape index (κ2) is 8.99. The molecule has 0 heterocycles. The van der Waals surface area contributed by atoms with Crippen LogP contribution in [0.2, 0.25) is 0 Å². The molecule has 0 fully saturated rings. The van der Waals surface area contributed by atoms with Crippen LogP contribution in [0.4, 0.5) is 0 Å². The summed E-state index contributed by atoms with van der Waals surface area (Å²) in [5.74, 6) is 0.749. The molecule has 0 aliphatic rings. The summed E-state index contributed by atoms with van der Waals surface area (Å²) in [7, 11) is 0. The number of carbonyl (C=O) groups excluding carboxylic acids is 1. The largest absolute Gasteiger partial charge is 0.494 e. The SMILES string of the molecule is CCCCCOc1ccc(C(=O)NCc2ccc(C)cc2)cc1. The predicted octanol–water partition coefficient (Wildman–Crippen LogP) is 4.49. The van der Waals surface area contributed by atoms with E-state index in [0.717, 1.165) is 24.3 Å². The van der Waals surface area contributed by atoms with E-state index >= 15 is 0 Å². The molecule has 1 N–H and O–H groups in total. The van der Waals surface area contributed by atoms with Crippen LogP contribution in [0, 0.1) is 6.92 Å². The molecule has 0 aliphatic heterocycles. The first-order valence-corrected chi connectivity index (χ1v) is 8.25. The van der Waals surface area contributed by atoms with Crippen LogP contribution in [0.25, 0.3) is 0 Å². The number of aryl methyl sites for hydroxylation is 1. The third kappa shape index (κ3) is 5.78. The summed E-state index contributed by atoms with van der Waals surface area (Å²) in [4.78, 5) is 12.1. The van der Waals surface area contributed by atoms with Gasteiger partial charge in [0.15, 0.2) is 0 Å². The number of benzene rings is 2. The number of rotatable bonds is 8. The van der Waals surface area contributed by atoms with Crippen LogP contribution in [-0.2, 0) is 6.54 Å². The van der Waals surface area contributed by atoms with Crippen LogP contribution in [-0.4, -0.2) is 12.5 Å². The fourth-order valence-corrected chi connectivity index (χ4v) is 2.23.